The predicted molar refractivity (Wildman–Crippen MR) is 66.5 cm³/mol. The molecule has 1 aromatic heterocycles. The third-order valence-electron chi connectivity index (χ3n) is 3.19. The fourth-order valence-corrected chi connectivity index (χ4v) is 2.72. The Balaban J connectivity index is 1.65. The second-order valence-corrected chi connectivity index (χ2v) is 5.04. The van der Waals surface area contributed by atoms with E-state index in [1.165, 1.54) is 44.0 Å². The first-order chi connectivity index (χ1) is 7.88. The number of hydrogen-bond donors (Lipinski definition) is 1. The average Bonchev–Trinajstić information content (AvgIpc) is 2.82. The van der Waals surface area contributed by atoms with Gasteiger partial charge < -0.3 is 10.2 Å². The van der Waals surface area contributed by atoms with E-state index >= 15 is 0 Å². The van der Waals surface area contributed by atoms with Crippen LogP contribution in [0.5, 0.6) is 0 Å². The van der Waals surface area contributed by atoms with Crippen molar-refractivity contribution < 1.29 is 0 Å². The molecular formula is C11H20N4S. The van der Waals surface area contributed by atoms with Gasteiger partial charge in [-0.1, -0.05) is 11.4 Å². The molecule has 16 heavy (non-hydrogen) atoms. The first-order valence-electron chi connectivity index (χ1n) is 6.07. The van der Waals surface area contributed by atoms with Gasteiger partial charge in [-0.2, -0.15) is 0 Å². The number of rotatable bonds is 5. The minimum absolute atomic E-state index is 0.806. The Bertz CT molecular complexity index is 288. The van der Waals surface area contributed by atoms with E-state index in [0.29, 0.717) is 0 Å². The summed E-state index contributed by atoms with van der Waals surface area (Å²) in [6.45, 7) is 7.93. The van der Waals surface area contributed by atoms with Gasteiger partial charge in [0, 0.05) is 18.5 Å². The Morgan fingerprint density at radius 3 is 3.31 bits per heavy atom. The minimum Gasteiger partial charge on any atom is -0.311 e. The minimum atomic E-state index is 0.806. The third-order valence-corrected chi connectivity index (χ3v) is 3.75. The number of likely N-dealkylation sites (tertiary alicyclic amines) is 1. The van der Waals surface area contributed by atoms with Gasteiger partial charge in [0.1, 0.15) is 0 Å². The lowest BCUT2D eigenvalue weighted by Gasteiger charge is -2.31. The molecule has 0 aromatic carbocycles. The molecule has 2 rings (SSSR count). The summed E-state index contributed by atoms with van der Waals surface area (Å²) >= 11 is 1.42. The van der Waals surface area contributed by atoms with Gasteiger partial charge >= 0.3 is 0 Å². The molecule has 5 heteroatoms. The molecule has 0 radical (unpaired) electrons. The van der Waals surface area contributed by atoms with Gasteiger partial charge in [-0.3, -0.25) is 0 Å². The Labute approximate surface area is 101 Å². The Morgan fingerprint density at radius 1 is 1.62 bits per heavy atom. The molecule has 1 fully saturated rings. The molecule has 1 aliphatic rings. The average molecular weight is 240 g/mol. The summed E-state index contributed by atoms with van der Waals surface area (Å²) in [6, 6.07) is 0. The fraction of sp³-hybridized carbons (Fsp3) is 0.818. The summed E-state index contributed by atoms with van der Waals surface area (Å²) in [5, 5.41) is 9.51. The number of hydrogen-bond acceptors (Lipinski definition) is 5. The highest BCUT2D eigenvalue weighted by atomic mass is 32.1. The SMILES string of the molecule is CCN1CCCC(CNCc2csnn2)C1. The van der Waals surface area contributed by atoms with Crippen LogP contribution in [-0.2, 0) is 6.54 Å². The standard InChI is InChI=1S/C11H20N4S/c1-2-15-5-3-4-10(8-15)6-12-7-11-9-16-14-13-11/h9-10,12H,2-8H2,1H3. The zero-order valence-electron chi connectivity index (χ0n) is 9.85. The second kappa shape index (κ2) is 6.27. The van der Waals surface area contributed by atoms with E-state index in [9.17, 15) is 0 Å². The van der Waals surface area contributed by atoms with Gasteiger partial charge in [-0.25, -0.2) is 0 Å². The Morgan fingerprint density at radius 2 is 2.56 bits per heavy atom. The van der Waals surface area contributed by atoms with Crippen molar-refractivity contribution in [2.24, 2.45) is 5.92 Å². The topological polar surface area (TPSA) is 41.0 Å². The van der Waals surface area contributed by atoms with E-state index in [0.717, 1.165) is 24.7 Å². The predicted octanol–water partition coefficient (Wildman–Crippen LogP) is 1.36. The van der Waals surface area contributed by atoms with E-state index in [4.69, 9.17) is 0 Å². The smallest absolute Gasteiger partial charge is 0.0893 e. The second-order valence-electron chi connectivity index (χ2n) is 4.43. The van der Waals surface area contributed by atoms with Crippen LogP contribution in [0.15, 0.2) is 5.38 Å². The van der Waals surface area contributed by atoms with Crippen LogP contribution >= 0.6 is 11.5 Å². The van der Waals surface area contributed by atoms with E-state index in [-0.39, 0.29) is 0 Å². The van der Waals surface area contributed by atoms with Crippen LogP contribution in [0.2, 0.25) is 0 Å². The molecule has 0 amide bonds. The van der Waals surface area contributed by atoms with Crippen LogP contribution < -0.4 is 5.32 Å². The van der Waals surface area contributed by atoms with Crippen molar-refractivity contribution in [2.45, 2.75) is 26.3 Å². The highest BCUT2D eigenvalue weighted by molar-refractivity contribution is 7.03. The van der Waals surface area contributed by atoms with Gasteiger partial charge in [0.05, 0.1) is 5.69 Å². The molecule has 1 unspecified atom stereocenters. The van der Waals surface area contributed by atoms with Crippen molar-refractivity contribution in [1.29, 1.82) is 0 Å². The quantitative estimate of drug-likeness (QED) is 0.844. The monoisotopic (exact) mass is 240 g/mol. The zero-order valence-corrected chi connectivity index (χ0v) is 10.7. The maximum absolute atomic E-state index is 4.03. The number of aromatic nitrogens is 2. The van der Waals surface area contributed by atoms with Crippen LogP contribution in [0, 0.1) is 5.92 Å². The molecule has 0 aliphatic carbocycles. The molecule has 1 N–H and O–H groups in total. The molecule has 2 heterocycles. The van der Waals surface area contributed by atoms with Gasteiger partial charge in [0.2, 0.25) is 0 Å². The van der Waals surface area contributed by atoms with E-state index in [1.54, 1.807) is 0 Å². The van der Waals surface area contributed by atoms with Crippen LogP contribution in [0.4, 0.5) is 0 Å². The normalized spacial score (nSPS) is 22.4. The van der Waals surface area contributed by atoms with Gasteiger partial charge in [0.25, 0.3) is 0 Å². The van der Waals surface area contributed by atoms with E-state index in [2.05, 4.69) is 26.7 Å². The molecule has 0 spiro atoms. The summed E-state index contributed by atoms with van der Waals surface area (Å²) in [6.07, 6.45) is 2.71. The molecule has 90 valence electrons. The van der Waals surface area contributed by atoms with Gasteiger partial charge in [-0.05, 0) is 49.9 Å². The number of nitrogens with one attached hydrogen (secondary N) is 1. The first-order valence-corrected chi connectivity index (χ1v) is 6.91. The lowest BCUT2D eigenvalue weighted by Crippen LogP contribution is -2.39. The molecule has 1 atom stereocenters. The molecule has 0 bridgehead atoms. The summed E-state index contributed by atoms with van der Waals surface area (Å²) in [5.41, 5.74) is 1.06. The van der Waals surface area contributed by atoms with E-state index < -0.39 is 0 Å². The van der Waals surface area contributed by atoms with Crippen molar-refractivity contribution in [1.82, 2.24) is 19.8 Å². The van der Waals surface area contributed by atoms with Crippen LogP contribution in [0.25, 0.3) is 0 Å². The summed E-state index contributed by atoms with van der Waals surface area (Å²) in [5.74, 6) is 0.806. The number of nitrogens with zero attached hydrogens (tertiary/aromatic N) is 3. The molecule has 4 nitrogen and oxygen atoms in total. The molecule has 1 aliphatic heterocycles. The maximum atomic E-state index is 4.03. The van der Waals surface area contributed by atoms with Crippen molar-refractivity contribution >= 4 is 11.5 Å². The van der Waals surface area contributed by atoms with Crippen LogP contribution in [-0.4, -0.2) is 40.7 Å². The largest absolute Gasteiger partial charge is 0.311 e. The van der Waals surface area contributed by atoms with Crippen LogP contribution in [0.3, 0.4) is 0 Å². The van der Waals surface area contributed by atoms with Crippen LogP contribution in [0.1, 0.15) is 25.5 Å². The van der Waals surface area contributed by atoms with Gasteiger partial charge in [0.15, 0.2) is 0 Å². The molecular weight excluding hydrogens is 220 g/mol. The fourth-order valence-electron chi connectivity index (χ4n) is 2.27. The molecule has 1 aromatic rings. The lowest BCUT2D eigenvalue weighted by molar-refractivity contribution is 0.180. The highest BCUT2D eigenvalue weighted by Crippen LogP contribution is 2.15. The highest BCUT2D eigenvalue weighted by Gasteiger charge is 2.17. The number of piperidine rings is 1. The first kappa shape index (κ1) is 12.0. The van der Waals surface area contributed by atoms with Crippen molar-refractivity contribution in [3.05, 3.63) is 11.1 Å². The van der Waals surface area contributed by atoms with E-state index in [1.807, 2.05) is 5.38 Å². The van der Waals surface area contributed by atoms with Gasteiger partial charge in [-0.15, -0.1) is 5.10 Å². The lowest BCUT2D eigenvalue weighted by atomic mass is 9.98. The maximum Gasteiger partial charge on any atom is 0.0893 e. The Kier molecular flexibility index (Phi) is 4.69. The summed E-state index contributed by atoms with van der Waals surface area (Å²) in [4.78, 5) is 2.54. The zero-order chi connectivity index (χ0) is 11.2. The molecule has 0 saturated carbocycles. The van der Waals surface area contributed by atoms with Crippen molar-refractivity contribution in [3.63, 3.8) is 0 Å². The summed E-state index contributed by atoms with van der Waals surface area (Å²) < 4.78 is 3.86. The Hall–Kier alpha value is -0.520. The molecule has 1 saturated heterocycles. The van der Waals surface area contributed by atoms with Crippen molar-refractivity contribution in [3.8, 4) is 0 Å². The van der Waals surface area contributed by atoms with Crippen molar-refractivity contribution in [2.75, 3.05) is 26.2 Å². The summed E-state index contributed by atoms with van der Waals surface area (Å²) in [7, 11) is 0. The third kappa shape index (κ3) is 3.50.